The summed E-state index contributed by atoms with van der Waals surface area (Å²) in [6.07, 6.45) is 1.88. The molecule has 0 spiro atoms. The third-order valence-electron chi connectivity index (χ3n) is 3.11. The number of aromatic nitrogens is 3. The number of benzene rings is 1. The Morgan fingerprint density at radius 1 is 1.18 bits per heavy atom. The van der Waals surface area contributed by atoms with Crippen molar-refractivity contribution in [3.63, 3.8) is 0 Å². The molecular formula is C16H15N3O2S. The minimum Gasteiger partial charge on any atom is -0.465 e. The van der Waals surface area contributed by atoms with Gasteiger partial charge in [0.1, 0.15) is 5.25 Å². The molecule has 0 amide bonds. The number of fused-ring (bicyclic) bond motifs is 1. The second kappa shape index (κ2) is 6.62. The molecule has 0 aliphatic carbocycles. The average molecular weight is 313 g/mol. The number of rotatable bonds is 5. The molecule has 5 nitrogen and oxygen atoms in total. The minimum absolute atomic E-state index is 0.272. The highest BCUT2D eigenvalue weighted by molar-refractivity contribution is 8.00. The van der Waals surface area contributed by atoms with Gasteiger partial charge in [-0.3, -0.25) is 9.20 Å². The van der Waals surface area contributed by atoms with Crippen molar-refractivity contribution in [2.24, 2.45) is 0 Å². The number of hydrogen-bond acceptors (Lipinski definition) is 5. The van der Waals surface area contributed by atoms with Gasteiger partial charge in [-0.2, -0.15) is 0 Å². The minimum atomic E-state index is -0.464. The Morgan fingerprint density at radius 2 is 1.95 bits per heavy atom. The summed E-state index contributed by atoms with van der Waals surface area (Å²) < 4.78 is 7.06. The molecule has 0 aliphatic rings. The van der Waals surface area contributed by atoms with Crippen LogP contribution in [-0.4, -0.2) is 27.2 Å². The van der Waals surface area contributed by atoms with Crippen LogP contribution < -0.4 is 0 Å². The van der Waals surface area contributed by atoms with E-state index in [0.717, 1.165) is 11.2 Å². The quantitative estimate of drug-likeness (QED) is 0.535. The first-order chi connectivity index (χ1) is 10.8. The number of pyridine rings is 1. The van der Waals surface area contributed by atoms with Gasteiger partial charge in [-0.15, -0.1) is 10.2 Å². The lowest BCUT2D eigenvalue weighted by Gasteiger charge is -2.14. The molecule has 2 heterocycles. The predicted molar refractivity (Wildman–Crippen MR) is 84.7 cm³/mol. The first-order valence-electron chi connectivity index (χ1n) is 6.97. The van der Waals surface area contributed by atoms with Gasteiger partial charge in [0.15, 0.2) is 10.8 Å². The van der Waals surface area contributed by atoms with Gasteiger partial charge in [0.25, 0.3) is 0 Å². The highest BCUT2D eigenvalue weighted by Gasteiger charge is 2.25. The zero-order valence-electron chi connectivity index (χ0n) is 12.0. The summed E-state index contributed by atoms with van der Waals surface area (Å²) in [5, 5.41) is 8.48. The molecule has 22 heavy (non-hydrogen) atoms. The van der Waals surface area contributed by atoms with Crippen LogP contribution >= 0.6 is 11.8 Å². The zero-order chi connectivity index (χ0) is 15.4. The van der Waals surface area contributed by atoms with Crippen LogP contribution in [0.5, 0.6) is 0 Å². The molecule has 0 radical (unpaired) electrons. The normalized spacial score (nSPS) is 12.2. The van der Waals surface area contributed by atoms with E-state index in [1.165, 1.54) is 11.8 Å². The molecule has 3 aromatic rings. The molecular weight excluding hydrogens is 298 g/mol. The molecule has 1 unspecified atom stereocenters. The lowest BCUT2D eigenvalue weighted by atomic mass is 10.1. The van der Waals surface area contributed by atoms with Crippen molar-refractivity contribution in [2.45, 2.75) is 17.3 Å². The van der Waals surface area contributed by atoms with Crippen molar-refractivity contribution in [3.05, 3.63) is 60.3 Å². The SMILES string of the molecule is CCOC(=O)C(Sc1nnc2ccccn12)c1ccccc1. The number of hydrogen-bond donors (Lipinski definition) is 0. The second-order valence-electron chi connectivity index (χ2n) is 4.57. The van der Waals surface area contributed by atoms with E-state index in [1.807, 2.05) is 59.1 Å². The number of thioether (sulfide) groups is 1. The topological polar surface area (TPSA) is 56.5 Å². The molecule has 0 saturated heterocycles. The van der Waals surface area contributed by atoms with Gasteiger partial charge in [-0.1, -0.05) is 48.2 Å². The first kappa shape index (κ1) is 14.6. The van der Waals surface area contributed by atoms with Gasteiger partial charge in [0.2, 0.25) is 0 Å². The lowest BCUT2D eigenvalue weighted by molar-refractivity contribution is -0.142. The maximum atomic E-state index is 12.3. The van der Waals surface area contributed by atoms with Gasteiger partial charge in [-0.05, 0) is 24.6 Å². The van der Waals surface area contributed by atoms with E-state index in [9.17, 15) is 4.79 Å². The molecule has 0 bridgehead atoms. The van der Waals surface area contributed by atoms with Crippen molar-refractivity contribution in [1.82, 2.24) is 14.6 Å². The molecule has 0 N–H and O–H groups in total. The van der Waals surface area contributed by atoms with E-state index < -0.39 is 5.25 Å². The Hall–Kier alpha value is -2.34. The van der Waals surface area contributed by atoms with E-state index in [2.05, 4.69) is 10.2 Å². The summed E-state index contributed by atoms with van der Waals surface area (Å²) in [6, 6.07) is 15.2. The van der Waals surface area contributed by atoms with E-state index in [0.29, 0.717) is 11.8 Å². The van der Waals surface area contributed by atoms with Crippen LogP contribution in [0.2, 0.25) is 0 Å². The van der Waals surface area contributed by atoms with Crippen LogP contribution in [0, 0.1) is 0 Å². The predicted octanol–water partition coefficient (Wildman–Crippen LogP) is 3.13. The molecule has 6 heteroatoms. The van der Waals surface area contributed by atoms with Gasteiger partial charge in [-0.25, -0.2) is 0 Å². The Balaban J connectivity index is 1.94. The monoisotopic (exact) mass is 313 g/mol. The fourth-order valence-electron chi connectivity index (χ4n) is 2.10. The molecule has 112 valence electrons. The van der Waals surface area contributed by atoms with Gasteiger partial charge >= 0.3 is 5.97 Å². The summed E-state index contributed by atoms with van der Waals surface area (Å²) in [5.74, 6) is -0.272. The standard InChI is InChI=1S/C16H15N3O2S/c1-2-21-15(20)14(12-8-4-3-5-9-12)22-16-18-17-13-10-6-7-11-19(13)16/h3-11,14H,2H2,1H3. The van der Waals surface area contributed by atoms with Gasteiger partial charge in [0, 0.05) is 6.20 Å². The molecule has 0 fully saturated rings. The Labute approximate surface area is 132 Å². The van der Waals surface area contributed by atoms with E-state index in [4.69, 9.17) is 4.74 Å². The van der Waals surface area contributed by atoms with Gasteiger partial charge in [0.05, 0.1) is 6.61 Å². The number of nitrogens with zero attached hydrogens (tertiary/aromatic N) is 3. The van der Waals surface area contributed by atoms with Crippen LogP contribution in [0.1, 0.15) is 17.7 Å². The van der Waals surface area contributed by atoms with Crippen LogP contribution in [0.25, 0.3) is 5.65 Å². The van der Waals surface area contributed by atoms with Crippen molar-refractivity contribution < 1.29 is 9.53 Å². The summed E-state index contributed by atoms with van der Waals surface area (Å²) in [4.78, 5) is 12.3. The largest absolute Gasteiger partial charge is 0.465 e. The van der Waals surface area contributed by atoms with Gasteiger partial charge < -0.3 is 4.74 Å². The summed E-state index contributed by atoms with van der Waals surface area (Å²) in [7, 11) is 0. The number of ether oxygens (including phenoxy) is 1. The van der Waals surface area contributed by atoms with Crippen LogP contribution in [-0.2, 0) is 9.53 Å². The fourth-order valence-corrected chi connectivity index (χ4v) is 3.13. The van der Waals surface area contributed by atoms with Crippen molar-refractivity contribution in [2.75, 3.05) is 6.61 Å². The highest BCUT2D eigenvalue weighted by atomic mass is 32.2. The van der Waals surface area contributed by atoms with Crippen molar-refractivity contribution in [1.29, 1.82) is 0 Å². The molecule has 0 saturated carbocycles. The second-order valence-corrected chi connectivity index (χ2v) is 5.64. The van der Waals surface area contributed by atoms with Crippen LogP contribution in [0.3, 0.4) is 0 Å². The molecule has 0 aliphatic heterocycles. The van der Waals surface area contributed by atoms with Crippen molar-refractivity contribution in [3.8, 4) is 0 Å². The molecule has 1 aromatic carbocycles. The summed E-state index contributed by atoms with van der Waals surface area (Å²) in [6.45, 7) is 2.15. The molecule has 1 atom stereocenters. The third-order valence-corrected chi connectivity index (χ3v) is 4.30. The van der Waals surface area contributed by atoms with E-state index in [1.54, 1.807) is 6.92 Å². The van der Waals surface area contributed by atoms with Crippen LogP contribution in [0.4, 0.5) is 0 Å². The lowest BCUT2D eigenvalue weighted by Crippen LogP contribution is -2.13. The Morgan fingerprint density at radius 3 is 2.73 bits per heavy atom. The maximum absolute atomic E-state index is 12.3. The average Bonchev–Trinajstić information content (AvgIpc) is 2.97. The maximum Gasteiger partial charge on any atom is 0.324 e. The first-order valence-corrected chi connectivity index (χ1v) is 7.85. The van der Waals surface area contributed by atoms with Crippen LogP contribution in [0.15, 0.2) is 59.9 Å². The molecule has 2 aromatic heterocycles. The zero-order valence-corrected chi connectivity index (χ0v) is 12.9. The fraction of sp³-hybridized carbons (Fsp3) is 0.188. The van der Waals surface area contributed by atoms with Crippen molar-refractivity contribution >= 4 is 23.4 Å². The van der Waals surface area contributed by atoms with E-state index >= 15 is 0 Å². The molecule has 3 rings (SSSR count). The Bertz CT molecular complexity index is 773. The summed E-state index contributed by atoms with van der Waals surface area (Å²) in [5.41, 5.74) is 1.64. The Kier molecular flexibility index (Phi) is 4.39. The number of carbonyl (C=O) groups excluding carboxylic acids is 1. The van der Waals surface area contributed by atoms with E-state index in [-0.39, 0.29) is 5.97 Å². The third kappa shape index (κ3) is 2.96. The smallest absolute Gasteiger partial charge is 0.324 e. The number of carbonyl (C=O) groups is 1. The summed E-state index contributed by atoms with van der Waals surface area (Å²) >= 11 is 1.34. The number of esters is 1. The highest BCUT2D eigenvalue weighted by Crippen LogP contribution is 2.35.